The second-order valence-corrected chi connectivity index (χ2v) is 5.87. The summed E-state index contributed by atoms with van der Waals surface area (Å²) in [6, 6.07) is 3.28. The van der Waals surface area contributed by atoms with Crippen molar-refractivity contribution in [1.29, 1.82) is 0 Å². The Hall–Kier alpha value is -2.68. The van der Waals surface area contributed by atoms with Gasteiger partial charge in [-0.2, -0.15) is 0 Å². The molecule has 0 spiro atoms. The van der Waals surface area contributed by atoms with Crippen LogP contribution in [0, 0.1) is 30.2 Å². The molecule has 0 radical (unpaired) electrons. The lowest BCUT2D eigenvalue weighted by atomic mass is 10.0. The lowest BCUT2D eigenvalue weighted by Crippen LogP contribution is -2.14. The zero-order chi connectivity index (χ0) is 19.4. The molecule has 2 rings (SSSR count). The number of aliphatic hydroxyl groups is 1. The number of hydrogen-bond donors (Lipinski definition) is 1. The third-order valence-electron chi connectivity index (χ3n) is 3.32. The zero-order valence-electron chi connectivity index (χ0n) is 13.6. The maximum Gasteiger partial charge on any atom is 0.343 e. The summed E-state index contributed by atoms with van der Waals surface area (Å²) in [6.07, 6.45) is 0.886. The molecule has 4 nitrogen and oxygen atoms in total. The van der Waals surface area contributed by atoms with Crippen LogP contribution < -0.4 is 0 Å². The van der Waals surface area contributed by atoms with Crippen molar-refractivity contribution in [2.75, 3.05) is 6.61 Å². The first-order valence-corrected chi connectivity index (χ1v) is 8.18. The van der Waals surface area contributed by atoms with Gasteiger partial charge in [-0.15, -0.1) is 11.3 Å². The maximum atomic E-state index is 14.1. The van der Waals surface area contributed by atoms with Gasteiger partial charge in [0.25, 0.3) is 0 Å². The average molecular weight is 387 g/mol. The number of aliphatic imine (C=N–C) groups is 1. The summed E-state index contributed by atoms with van der Waals surface area (Å²) in [5.74, 6) is -9.82. The third kappa shape index (κ3) is 3.77. The van der Waals surface area contributed by atoms with E-state index in [0.29, 0.717) is 5.00 Å². The van der Waals surface area contributed by atoms with E-state index in [9.17, 15) is 27.5 Å². The molecule has 0 aliphatic rings. The predicted octanol–water partition coefficient (Wildman–Crippen LogP) is 4.85. The number of esters is 1. The van der Waals surface area contributed by atoms with Gasteiger partial charge in [0.1, 0.15) is 16.3 Å². The van der Waals surface area contributed by atoms with E-state index in [4.69, 9.17) is 4.74 Å². The minimum atomic E-state index is -2.10. The van der Waals surface area contributed by atoms with Gasteiger partial charge in [-0.3, -0.25) is 0 Å². The molecule has 0 amide bonds. The van der Waals surface area contributed by atoms with E-state index in [1.807, 2.05) is 0 Å². The number of aliphatic hydroxyl groups excluding tert-OH is 1. The Morgan fingerprint density at radius 1 is 1.23 bits per heavy atom. The Balaban J connectivity index is 2.68. The van der Waals surface area contributed by atoms with Crippen molar-refractivity contribution in [2.45, 2.75) is 13.8 Å². The lowest BCUT2D eigenvalue weighted by molar-refractivity contribution is -0.137. The van der Waals surface area contributed by atoms with Crippen molar-refractivity contribution < 1.29 is 32.2 Å². The molecule has 0 saturated carbocycles. The number of benzene rings is 1. The summed E-state index contributed by atoms with van der Waals surface area (Å²) in [7, 11) is 0. The lowest BCUT2D eigenvalue weighted by Gasteiger charge is -2.12. The Morgan fingerprint density at radius 2 is 1.88 bits per heavy atom. The van der Waals surface area contributed by atoms with Crippen LogP contribution in [0.5, 0.6) is 0 Å². The van der Waals surface area contributed by atoms with E-state index in [0.717, 1.165) is 13.1 Å². The van der Waals surface area contributed by atoms with Crippen LogP contribution in [0.4, 0.5) is 22.6 Å². The van der Waals surface area contributed by atoms with E-state index < -0.39 is 51.7 Å². The quantitative estimate of drug-likeness (QED) is 0.152. The molecule has 1 N–H and O–H groups in total. The summed E-state index contributed by atoms with van der Waals surface area (Å²) < 4.78 is 59.5. The molecule has 1 aromatic carbocycles. The van der Waals surface area contributed by atoms with E-state index in [1.54, 1.807) is 17.5 Å². The molecule has 1 aromatic heterocycles. The van der Waals surface area contributed by atoms with Gasteiger partial charge in [0.15, 0.2) is 23.3 Å². The number of carbonyl (C=O) groups excluding carboxylic acids is 1. The first-order valence-electron chi connectivity index (χ1n) is 7.30. The first kappa shape index (κ1) is 19.6. The number of rotatable bonds is 5. The second-order valence-electron chi connectivity index (χ2n) is 4.95. The van der Waals surface area contributed by atoms with Gasteiger partial charge in [0, 0.05) is 11.8 Å². The Morgan fingerprint density at radius 3 is 2.46 bits per heavy atom. The SMILES string of the molecule is CCOC(=O)C(/C=N/c1cccs1)=C(\O)c1c(C)c(F)c(F)c(F)c1F. The highest BCUT2D eigenvalue weighted by molar-refractivity contribution is 7.13. The zero-order valence-corrected chi connectivity index (χ0v) is 14.5. The highest BCUT2D eigenvalue weighted by atomic mass is 32.1. The molecule has 0 unspecified atom stereocenters. The molecule has 2 aromatic rings. The summed E-state index contributed by atoms with van der Waals surface area (Å²) in [6.45, 7) is 2.35. The van der Waals surface area contributed by atoms with Crippen LogP contribution >= 0.6 is 11.3 Å². The Kier molecular flexibility index (Phi) is 6.14. The molecular weight excluding hydrogens is 374 g/mol. The molecule has 0 atom stereocenters. The Labute approximate surface area is 150 Å². The topological polar surface area (TPSA) is 58.9 Å². The summed E-state index contributed by atoms with van der Waals surface area (Å²) >= 11 is 1.21. The molecular formula is C17H13F4NO3S. The van der Waals surface area contributed by atoms with Crippen LogP contribution in [0.1, 0.15) is 18.1 Å². The fourth-order valence-corrected chi connectivity index (χ4v) is 2.62. The molecule has 26 heavy (non-hydrogen) atoms. The number of halogens is 4. The predicted molar refractivity (Wildman–Crippen MR) is 89.7 cm³/mol. The third-order valence-corrected chi connectivity index (χ3v) is 4.09. The van der Waals surface area contributed by atoms with Crippen LogP contribution in [0.15, 0.2) is 28.1 Å². The smallest absolute Gasteiger partial charge is 0.343 e. The number of thiophene rings is 1. The van der Waals surface area contributed by atoms with Crippen LogP contribution in [0.3, 0.4) is 0 Å². The normalized spacial score (nSPS) is 12.4. The average Bonchev–Trinajstić information content (AvgIpc) is 3.12. The van der Waals surface area contributed by atoms with Gasteiger partial charge in [0.05, 0.1) is 12.2 Å². The van der Waals surface area contributed by atoms with Gasteiger partial charge in [-0.1, -0.05) is 0 Å². The first-order chi connectivity index (χ1) is 12.3. The minimum Gasteiger partial charge on any atom is -0.506 e. The van der Waals surface area contributed by atoms with Gasteiger partial charge in [-0.05, 0) is 31.4 Å². The number of carbonyl (C=O) groups is 1. The number of nitrogens with zero attached hydrogens (tertiary/aromatic N) is 1. The summed E-state index contributed by atoms with van der Waals surface area (Å²) in [4.78, 5) is 16.0. The van der Waals surface area contributed by atoms with Crippen LogP contribution in [-0.4, -0.2) is 23.9 Å². The van der Waals surface area contributed by atoms with Crippen molar-refractivity contribution in [3.05, 3.63) is 57.5 Å². The van der Waals surface area contributed by atoms with E-state index in [2.05, 4.69) is 4.99 Å². The van der Waals surface area contributed by atoms with Crippen molar-refractivity contribution in [3.8, 4) is 0 Å². The Bertz CT molecular complexity index is 863. The van der Waals surface area contributed by atoms with Crippen molar-refractivity contribution in [1.82, 2.24) is 0 Å². The standard InChI is InChI=1S/C17H13F4NO3S/c1-3-25-17(24)9(7-22-10-5-4-6-26-10)16(23)11-8(2)12(18)14(20)15(21)13(11)19/h4-7,23H,3H2,1-2H3/b16-9-,22-7+. The van der Waals surface area contributed by atoms with Crippen LogP contribution in [0.25, 0.3) is 5.76 Å². The fourth-order valence-electron chi connectivity index (χ4n) is 2.05. The highest BCUT2D eigenvalue weighted by Gasteiger charge is 2.28. The van der Waals surface area contributed by atoms with Gasteiger partial charge in [0.2, 0.25) is 0 Å². The van der Waals surface area contributed by atoms with E-state index >= 15 is 0 Å². The molecule has 0 aliphatic heterocycles. The minimum absolute atomic E-state index is 0.0734. The maximum absolute atomic E-state index is 14.1. The van der Waals surface area contributed by atoms with Crippen molar-refractivity contribution >= 4 is 34.3 Å². The van der Waals surface area contributed by atoms with E-state index in [-0.39, 0.29) is 6.61 Å². The second kappa shape index (κ2) is 8.13. The molecule has 0 saturated heterocycles. The monoisotopic (exact) mass is 387 g/mol. The van der Waals surface area contributed by atoms with Crippen molar-refractivity contribution in [3.63, 3.8) is 0 Å². The van der Waals surface area contributed by atoms with Crippen LogP contribution in [-0.2, 0) is 9.53 Å². The molecule has 9 heteroatoms. The molecule has 0 bridgehead atoms. The van der Waals surface area contributed by atoms with Gasteiger partial charge < -0.3 is 9.84 Å². The van der Waals surface area contributed by atoms with Gasteiger partial charge >= 0.3 is 5.97 Å². The number of ether oxygens (including phenoxy) is 1. The van der Waals surface area contributed by atoms with Gasteiger partial charge in [-0.25, -0.2) is 27.3 Å². The molecule has 0 aliphatic carbocycles. The van der Waals surface area contributed by atoms with Crippen molar-refractivity contribution in [2.24, 2.45) is 4.99 Å². The fraction of sp³-hybridized carbons (Fsp3) is 0.176. The highest BCUT2D eigenvalue weighted by Crippen LogP contribution is 2.30. The van der Waals surface area contributed by atoms with Crippen LogP contribution in [0.2, 0.25) is 0 Å². The number of hydrogen-bond acceptors (Lipinski definition) is 5. The van der Waals surface area contributed by atoms with E-state index in [1.165, 1.54) is 18.3 Å². The largest absolute Gasteiger partial charge is 0.506 e. The molecule has 0 fully saturated rings. The summed E-state index contributed by atoms with van der Waals surface area (Å²) in [5.41, 5.74) is -2.32. The summed E-state index contributed by atoms with van der Waals surface area (Å²) in [5, 5.41) is 12.5. The molecule has 1 heterocycles. The molecule has 138 valence electrons.